The Morgan fingerprint density at radius 2 is 1.67 bits per heavy atom. The number of ether oxygens (including phenoxy) is 1. The van der Waals surface area contributed by atoms with Gasteiger partial charge >= 0.3 is 0 Å². The van der Waals surface area contributed by atoms with Gasteiger partial charge in [-0.15, -0.1) is 0 Å². The van der Waals surface area contributed by atoms with Gasteiger partial charge in [0.05, 0.1) is 18.1 Å². The summed E-state index contributed by atoms with van der Waals surface area (Å²) in [5.41, 5.74) is 1.72. The highest BCUT2D eigenvalue weighted by Gasteiger charge is 2.39. The number of carbonyl (C=O) groups is 1. The highest BCUT2D eigenvalue weighted by molar-refractivity contribution is 7.89. The standard InChI is InChI=1S/C21H24ClN3O4S/c22-16-3-9-19(10-4-16)30(27,28)25-11-1-2-20(25)21(26)23-17-5-7-18(8-6-17)24-12-14-29-15-13-24/h3-10,20H,1-2,11-15H2,(H,23,26)/t20-/m0/s1. The third kappa shape index (κ3) is 4.46. The number of sulfonamides is 1. The van der Waals surface area contributed by atoms with E-state index in [2.05, 4.69) is 10.2 Å². The summed E-state index contributed by atoms with van der Waals surface area (Å²) < 4.78 is 32.7. The Morgan fingerprint density at radius 3 is 2.33 bits per heavy atom. The van der Waals surface area contributed by atoms with Crippen molar-refractivity contribution in [2.45, 2.75) is 23.8 Å². The number of hydrogen-bond donors (Lipinski definition) is 1. The van der Waals surface area contributed by atoms with Gasteiger partial charge in [0, 0.05) is 36.0 Å². The number of amides is 1. The Morgan fingerprint density at radius 1 is 1.00 bits per heavy atom. The van der Waals surface area contributed by atoms with E-state index in [1.807, 2.05) is 24.3 Å². The van der Waals surface area contributed by atoms with Crippen LogP contribution in [0.15, 0.2) is 53.4 Å². The summed E-state index contributed by atoms with van der Waals surface area (Å²) in [4.78, 5) is 15.2. The molecule has 1 atom stereocenters. The largest absolute Gasteiger partial charge is 0.378 e. The molecule has 7 nitrogen and oxygen atoms in total. The number of nitrogens with one attached hydrogen (secondary N) is 1. The highest BCUT2D eigenvalue weighted by atomic mass is 35.5. The third-order valence-corrected chi connectivity index (χ3v) is 7.61. The summed E-state index contributed by atoms with van der Waals surface area (Å²) in [7, 11) is -3.77. The molecule has 1 amide bonds. The van der Waals surface area contributed by atoms with Gasteiger partial charge in [0.2, 0.25) is 15.9 Å². The zero-order valence-electron chi connectivity index (χ0n) is 16.5. The lowest BCUT2D eigenvalue weighted by molar-refractivity contribution is -0.119. The van der Waals surface area contributed by atoms with Gasteiger partial charge in [-0.25, -0.2) is 8.42 Å². The maximum atomic E-state index is 13.0. The van der Waals surface area contributed by atoms with Crippen LogP contribution in [-0.4, -0.2) is 57.5 Å². The molecule has 2 saturated heterocycles. The fourth-order valence-corrected chi connectivity index (χ4v) is 5.62. The molecule has 2 aliphatic heterocycles. The van der Waals surface area contributed by atoms with Crippen LogP contribution >= 0.6 is 11.6 Å². The first-order valence-corrected chi connectivity index (χ1v) is 11.8. The molecule has 2 aromatic rings. The van der Waals surface area contributed by atoms with Gasteiger partial charge < -0.3 is 15.0 Å². The minimum atomic E-state index is -3.77. The number of hydrogen-bond acceptors (Lipinski definition) is 5. The fraction of sp³-hybridized carbons (Fsp3) is 0.381. The highest BCUT2D eigenvalue weighted by Crippen LogP contribution is 2.28. The van der Waals surface area contributed by atoms with Crippen LogP contribution in [0.1, 0.15) is 12.8 Å². The van der Waals surface area contributed by atoms with Gasteiger partial charge in [-0.05, 0) is 61.4 Å². The van der Waals surface area contributed by atoms with E-state index in [0.717, 1.165) is 18.8 Å². The molecular weight excluding hydrogens is 426 g/mol. The van der Waals surface area contributed by atoms with Crippen molar-refractivity contribution in [3.63, 3.8) is 0 Å². The number of benzene rings is 2. The van der Waals surface area contributed by atoms with E-state index < -0.39 is 16.1 Å². The van der Waals surface area contributed by atoms with Gasteiger partial charge in [-0.3, -0.25) is 4.79 Å². The van der Waals surface area contributed by atoms with E-state index >= 15 is 0 Å². The summed E-state index contributed by atoms with van der Waals surface area (Å²) in [6.07, 6.45) is 1.13. The van der Waals surface area contributed by atoms with E-state index in [0.29, 0.717) is 43.3 Å². The predicted octanol–water partition coefficient (Wildman–Crippen LogP) is 2.97. The summed E-state index contributed by atoms with van der Waals surface area (Å²) in [6.45, 7) is 3.41. The van der Waals surface area contributed by atoms with Crippen LogP contribution in [-0.2, 0) is 19.6 Å². The van der Waals surface area contributed by atoms with Crippen molar-refractivity contribution in [1.29, 1.82) is 0 Å². The lowest BCUT2D eigenvalue weighted by Gasteiger charge is -2.29. The summed E-state index contributed by atoms with van der Waals surface area (Å²) >= 11 is 5.87. The van der Waals surface area contributed by atoms with Crippen molar-refractivity contribution in [1.82, 2.24) is 4.31 Å². The van der Waals surface area contributed by atoms with E-state index in [4.69, 9.17) is 16.3 Å². The maximum absolute atomic E-state index is 13.0. The Kier molecular flexibility index (Phi) is 6.29. The predicted molar refractivity (Wildman–Crippen MR) is 116 cm³/mol. The molecule has 0 unspecified atom stereocenters. The first-order chi connectivity index (χ1) is 14.4. The molecule has 0 aliphatic carbocycles. The van der Waals surface area contributed by atoms with Crippen LogP contribution in [0.2, 0.25) is 5.02 Å². The summed E-state index contributed by atoms with van der Waals surface area (Å²) in [5.74, 6) is -0.316. The number of rotatable bonds is 5. The lowest BCUT2D eigenvalue weighted by Crippen LogP contribution is -2.43. The van der Waals surface area contributed by atoms with Gasteiger partial charge in [0.25, 0.3) is 0 Å². The molecule has 0 aromatic heterocycles. The maximum Gasteiger partial charge on any atom is 0.243 e. The molecule has 2 fully saturated rings. The molecule has 30 heavy (non-hydrogen) atoms. The SMILES string of the molecule is O=C(Nc1ccc(N2CCOCC2)cc1)[C@@H]1CCCN1S(=O)(=O)c1ccc(Cl)cc1. The van der Waals surface area contributed by atoms with Crippen LogP contribution in [0.5, 0.6) is 0 Å². The number of halogens is 1. The van der Waals surface area contributed by atoms with Crippen LogP contribution < -0.4 is 10.2 Å². The van der Waals surface area contributed by atoms with Crippen LogP contribution in [0.25, 0.3) is 0 Å². The van der Waals surface area contributed by atoms with E-state index in [1.165, 1.54) is 28.6 Å². The van der Waals surface area contributed by atoms with Crippen molar-refractivity contribution < 1.29 is 17.9 Å². The average Bonchev–Trinajstić information content (AvgIpc) is 3.26. The van der Waals surface area contributed by atoms with Crippen molar-refractivity contribution >= 4 is 38.9 Å². The molecular formula is C21H24ClN3O4S. The van der Waals surface area contributed by atoms with E-state index in [9.17, 15) is 13.2 Å². The van der Waals surface area contributed by atoms with Crippen molar-refractivity contribution in [3.05, 3.63) is 53.6 Å². The van der Waals surface area contributed by atoms with E-state index in [1.54, 1.807) is 0 Å². The molecule has 2 aliphatic rings. The molecule has 160 valence electrons. The van der Waals surface area contributed by atoms with Gasteiger partial charge in [0.15, 0.2) is 0 Å². The van der Waals surface area contributed by atoms with Gasteiger partial charge in [0.1, 0.15) is 6.04 Å². The Balaban J connectivity index is 1.45. The molecule has 4 rings (SSSR count). The first kappa shape index (κ1) is 21.1. The first-order valence-electron chi connectivity index (χ1n) is 9.96. The summed E-state index contributed by atoms with van der Waals surface area (Å²) in [5, 5.41) is 3.33. The topological polar surface area (TPSA) is 79.0 Å². The number of nitrogens with zero attached hydrogens (tertiary/aromatic N) is 2. The third-order valence-electron chi connectivity index (χ3n) is 5.44. The van der Waals surface area contributed by atoms with Crippen molar-refractivity contribution in [2.24, 2.45) is 0 Å². The second-order valence-corrected chi connectivity index (χ2v) is 9.69. The van der Waals surface area contributed by atoms with Crippen molar-refractivity contribution in [3.8, 4) is 0 Å². The number of anilines is 2. The Bertz CT molecular complexity index is 990. The van der Waals surface area contributed by atoms with Crippen LogP contribution in [0.4, 0.5) is 11.4 Å². The summed E-state index contributed by atoms with van der Waals surface area (Å²) in [6, 6.07) is 12.9. The molecule has 2 heterocycles. The monoisotopic (exact) mass is 449 g/mol. The molecule has 0 bridgehead atoms. The number of carbonyl (C=O) groups excluding carboxylic acids is 1. The van der Waals surface area contributed by atoms with Crippen LogP contribution in [0, 0.1) is 0 Å². The normalized spacial score (nSPS) is 20.3. The van der Waals surface area contributed by atoms with Gasteiger partial charge in [-0.2, -0.15) is 4.31 Å². The fourth-order valence-electron chi connectivity index (χ4n) is 3.83. The second-order valence-electron chi connectivity index (χ2n) is 7.36. The van der Waals surface area contributed by atoms with E-state index in [-0.39, 0.29) is 10.8 Å². The minimum Gasteiger partial charge on any atom is -0.378 e. The molecule has 0 saturated carbocycles. The van der Waals surface area contributed by atoms with Crippen molar-refractivity contribution in [2.75, 3.05) is 43.1 Å². The Labute approximate surface area is 181 Å². The minimum absolute atomic E-state index is 0.140. The zero-order valence-corrected chi connectivity index (χ0v) is 18.0. The van der Waals surface area contributed by atoms with Gasteiger partial charge in [-0.1, -0.05) is 11.6 Å². The molecule has 2 aromatic carbocycles. The Hall–Kier alpha value is -2.13. The smallest absolute Gasteiger partial charge is 0.243 e. The number of morpholine rings is 1. The quantitative estimate of drug-likeness (QED) is 0.759. The van der Waals surface area contributed by atoms with Crippen LogP contribution in [0.3, 0.4) is 0 Å². The lowest BCUT2D eigenvalue weighted by atomic mass is 10.2. The zero-order chi connectivity index (χ0) is 21.1. The average molecular weight is 450 g/mol. The molecule has 0 spiro atoms. The second kappa shape index (κ2) is 8.93. The molecule has 1 N–H and O–H groups in total. The molecule has 0 radical (unpaired) electrons. The molecule has 9 heteroatoms.